The van der Waals surface area contributed by atoms with Crippen molar-refractivity contribution in [1.29, 1.82) is 0 Å². The van der Waals surface area contributed by atoms with Crippen molar-refractivity contribution in [1.82, 2.24) is 10.2 Å². The lowest BCUT2D eigenvalue weighted by molar-refractivity contribution is -0.127. The number of nitrogens with zero attached hydrogens (tertiary/aromatic N) is 1. The van der Waals surface area contributed by atoms with E-state index in [1.54, 1.807) is 0 Å². The van der Waals surface area contributed by atoms with Crippen molar-refractivity contribution >= 4 is 40.7 Å². The van der Waals surface area contributed by atoms with Crippen molar-refractivity contribution in [3.05, 3.63) is 68.7 Å². The molecule has 0 bridgehead atoms. The molecular formula is C21H23Cl3N2O. The molecule has 0 aliphatic carbocycles. The topological polar surface area (TPSA) is 32.3 Å². The molecule has 1 N–H and O–H groups in total. The molecule has 0 saturated carbocycles. The number of carbonyl (C=O) groups excluding carboxylic acids is 1. The zero-order chi connectivity index (χ0) is 19.4. The molecule has 2 aromatic carbocycles. The van der Waals surface area contributed by atoms with Gasteiger partial charge >= 0.3 is 0 Å². The van der Waals surface area contributed by atoms with Crippen LogP contribution in [0.3, 0.4) is 0 Å². The number of hydrogen-bond donors (Lipinski definition) is 1. The molecule has 1 aliphatic rings. The maximum Gasteiger partial charge on any atom is 0.224 e. The largest absolute Gasteiger partial charge is 0.349 e. The zero-order valence-corrected chi connectivity index (χ0v) is 17.5. The normalized spacial score (nSPS) is 18.9. The second-order valence-corrected chi connectivity index (χ2v) is 8.31. The zero-order valence-electron chi connectivity index (χ0n) is 15.2. The van der Waals surface area contributed by atoms with Crippen molar-refractivity contribution in [2.75, 3.05) is 13.1 Å². The van der Waals surface area contributed by atoms with Crippen LogP contribution in [0.25, 0.3) is 0 Å². The number of hydrogen-bond acceptors (Lipinski definition) is 2. The summed E-state index contributed by atoms with van der Waals surface area (Å²) in [5.41, 5.74) is 1.97. The number of halogens is 3. The molecule has 1 heterocycles. The Kier molecular flexibility index (Phi) is 7.04. The molecule has 0 aromatic heterocycles. The Morgan fingerprint density at radius 1 is 1.15 bits per heavy atom. The molecule has 3 rings (SSSR count). The van der Waals surface area contributed by atoms with Crippen molar-refractivity contribution in [3.63, 3.8) is 0 Å². The molecule has 144 valence electrons. The lowest BCUT2D eigenvalue weighted by Crippen LogP contribution is -2.43. The predicted molar refractivity (Wildman–Crippen MR) is 112 cm³/mol. The smallest absolute Gasteiger partial charge is 0.224 e. The Labute approximate surface area is 175 Å². The van der Waals surface area contributed by atoms with Crippen LogP contribution in [-0.4, -0.2) is 23.9 Å². The van der Waals surface area contributed by atoms with Gasteiger partial charge in [-0.25, -0.2) is 0 Å². The average Bonchev–Trinajstić information content (AvgIpc) is 2.65. The van der Waals surface area contributed by atoms with Gasteiger partial charge in [0.2, 0.25) is 5.91 Å². The molecule has 1 amide bonds. The number of carbonyl (C=O) groups is 1. The van der Waals surface area contributed by atoms with E-state index in [0.717, 1.165) is 30.5 Å². The number of piperidine rings is 1. The summed E-state index contributed by atoms with van der Waals surface area (Å²) in [6.07, 6.45) is 1.88. The van der Waals surface area contributed by atoms with E-state index in [4.69, 9.17) is 34.8 Å². The second kappa shape index (κ2) is 9.29. The summed E-state index contributed by atoms with van der Waals surface area (Å²) in [6, 6.07) is 13.1. The molecule has 1 fully saturated rings. The minimum absolute atomic E-state index is 0.0326. The van der Waals surface area contributed by atoms with Crippen LogP contribution in [0.5, 0.6) is 0 Å². The van der Waals surface area contributed by atoms with Gasteiger partial charge in [-0.3, -0.25) is 9.69 Å². The third-order valence-electron chi connectivity index (χ3n) is 5.05. The van der Waals surface area contributed by atoms with E-state index in [1.165, 1.54) is 0 Å². The first-order valence-corrected chi connectivity index (χ1v) is 10.3. The number of amides is 1. The monoisotopic (exact) mass is 424 g/mol. The van der Waals surface area contributed by atoms with Crippen molar-refractivity contribution in [2.45, 2.75) is 32.4 Å². The van der Waals surface area contributed by atoms with Crippen LogP contribution in [0.1, 0.15) is 36.9 Å². The molecule has 1 aliphatic heterocycles. The quantitative estimate of drug-likeness (QED) is 0.663. The first-order chi connectivity index (χ1) is 12.9. The average molecular weight is 426 g/mol. The predicted octanol–water partition coefficient (Wildman–Crippen LogP) is 5.74. The molecule has 0 spiro atoms. The Bertz CT molecular complexity index is 774. The van der Waals surface area contributed by atoms with Crippen molar-refractivity contribution in [3.8, 4) is 0 Å². The number of nitrogens with one attached hydrogen (secondary N) is 1. The fraction of sp³-hybridized carbons (Fsp3) is 0.381. The van der Waals surface area contributed by atoms with E-state index in [2.05, 4.69) is 10.2 Å². The fourth-order valence-electron chi connectivity index (χ4n) is 3.49. The van der Waals surface area contributed by atoms with Crippen molar-refractivity contribution in [2.24, 2.45) is 5.92 Å². The van der Waals surface area contributed by atoms with Gasteiger partial charge in [-0.1, -0.05) is 53.0 Å². The fourth-order valence-corrected chi connectivity index (χ4v) is 4.13. The van der Waals surface area contributed by atoms with Crippen molar-refractivity contribution < 1.29 is 4.79 Å². The third kappa shape index (κ3) is 5.39. The lowest BCUT2D eigenvalue weighted by Gasteiger charge is -2.33. The van der Waals surface area contributed by atoms with E-state index in [9.17, 15) is 4.79 Å². The molecule has 0 radical (unpaired) electrons. The number of rotatable bonds is 5. The maximum absolute atomic E-state index is 12.8. The molecule has 3 nitrogen and oxygen atoms in total. The van der Waals surface area contributed by atoms with E-state index in [1.807, 2.05) is 49.4 Å². The van der Waals surface area contributed by atoms with Gasteiger partial charge in [0, 0.05) is 33.7 Å². The van der Waals surface area contributed by atoms with Crippen LogP contribution in [0.2, 0.25) is 15.1 Å². The van der Waals surface area contributed by atoms with E-state index in [0.29, 0.717) is 28.2 Å². The number of benzene rings is 2. The standard InChI is InChI=1S/C21H23Cl3N2O/c1-14(15-7-9-17(22)10-8-15)25-21(27)16-4-3-11-26(12-16)13-18-19(23)5-2-6-20(18)24/h2,5-10,14,16H,3-4,11-13H2,1H3,(H,25,27)/t14-,16-/m1/s1. The maximum atomic E-state index is 12.8. The molecule has 0 unspecified atom stereocenters. The Morgan fingerprint density at radius 2 is 1.81 bits per heavy atom. The molecule has 6 heteroatoms. The van der Waals surface area contributed by atoms with Crippen LogP contribution >= 0.6 is 34.8 Å². The first-order valence-electron chi connectivity index (χ1n) is 9.15. The summed E-state index contributed by atoms with van der Waals surface area (Å²) >= 11 is 18.5. The molecular weight excluding hydrogens is 403 g/mol. The highest BCUT2D eigenvalue weighted by molar-refractivity contribution is 6.36. The Balaban J connectivity index is 1.60. The van der Waals surface area contributed by atoms with Gasteiger partial charge in [0.25, 0.3) is 0 Å². The highest BCUT2D eigenvalue weighted by atomic mass is 35.5. The van der Waals surface area contributed by atoms with Gasteiger partial charge in [-0.2, -0.15) is 0 Å². The molecule has 27 heavy (non-hydrogen) atoms. The summed E-state index contributed by atoms with van der Waals surface area (Å²) in [7, 11) is 0. The third-order valence-corrected chi connectivity index (χ3v) is 6.01. The molecule has 1 saturated heterocycles. The van der Waals surface area contributed by atoms with Crippen LogP contribution in [-0.2, 0) is 11.3 Å². The van der Waals surface area contributed by atoms with E-state index in [-0.39, 0.29) is 17.9 Å². The van der Waals surface area contributed by atoms with E-state index < -0.39 is 0 Å². The second-order valence-electron chi connectivity index (χ2n) is 7.06. The lowest BCUT2D eigenvalue weighted by atomic mass is 9.96. The highest BCUT2D eigenvalue weighted by Crippen LogP contribution is 2.28. The van der Waals surface area contributed by atoms with Gasteiger partial charge in [0.15, 0.2) is 0 Å². The first kappa shape index (κ1) is 20.5. The van der Waals surface area contributed by atoms with Crippen LogP contribution in [0.4, 0.5) is 0 Å². The van der Waals surface area contributed by atoms with Gasteiger partial charge in [-0.15, -0.1) is 0 Å². The van der Waals surface area contributed by atoms with E-state index >= 15 is 0 Å². The van der Waals surface area contributed by atoms with Gasteiger partial charge in [-0.05, 0) is 56.1 Å². The Hall–Kier alpha value is -1.26. The van der Waals surface area contributed by atoms with Crippen LogP contribution in [0, 0.1) is 5.92 Å². The summed E-state index contributed by atoms with van der Waals surface area (Å²) in [4.78, 5) is 15.0. The summed E-state index contributed by atoms with van der Waals surface area (Å²) in [6.45, 7) is 4.30. The van der Waals surface area contributed by atoms with Crippen LogP contribution in [0.15, 0.2) is 42.5 Å². The molecule has 2 atom stereocenters. The Morgan fingerprint density at radius 3 is 2.48 bits per heavy atom. The molecule has 2 aromatic rings. The summed E-state index contributed by atoms with van der Waals surface area (Å²) in [5, 5.41) is 5.17. The summed E-state index contributed by atoms with van der Waals surface area (Å²) < 4.78 is 0. The minimum atomic E-state index is -0.0526. The van der Waals surface area contributed by atoms with Gasteiger partial charge in [0.1, 0.15) is 0 Å². The SMILES string of the molecule is C[C@@H](NC(=O)[C@@H]1CCCN(Cc2c(Cl)cccc2Cl)C1)c1ccc(Cl)cc1. The van der Waals surface area contributed by atoms with Gasteiger partial charge in [0.05, 0.1) is 12.0 Å². The van der Waals surface area contributed by atoms with Gasteiger partial charge < -0.3 is 5.32 Å². The minimum Gasteiger partial charge on any atom is -0.349 e. The van der Waals surface area contributed by atoms with Crippen LogP contribution < -0.4 is 5.32 Å². The number of likely N-dealkylation sites (tertiary alicyclic amines) is 1. The summed E-state index contributed by atoms with van der Waals surface area (Å²) in [5.74, 6) is 0.0576. The highest BCUT2D eigenvalue weighted by Gasteiger charge is 2.27.